The number of ether oxygens (including phenoxy) is 1. The van der Waals surface area contributed by atoms with Gasteiger partial charge in [-0.05, 0) is 60.4 Å². The van der Waals surface area contributed by atoms with Gasteiger partial charge in [-0.1, -0.05) is 6.07 Å². The number of aryl methyl sites for hydroxylation is 1. The highest BCUT2D eigenvalue weighted by Gasteiger charge is 2.40. The Morgan fingerprint density at radius 1 is 1.21 bits per heavy atom. The first-order valence-electron chi connectivity index (χ1n) is 9.64. The first kappa shape index (κ1) is 19.9. The number of primary sulfonamides is 1. The van der Waals surface area contributed by atoms with Gasteiger partial charge >= 0.3 is 0 Å². The van der Waals surface area contributed by atoms with Gasteiger partial charge in [0.25, 0.3) is 0 Å². The lowest BCUT2D eigenvalue weighted by atomic mass is 10.0. The van der Waals surface area contributed by atoms with Crippen LogP contribution in [0, 0.1) is 18.3 Å². The first-order valence-corrected chi connectivity index (χ1v) is 11.2. The average Bonchev–Trinajstić information content (AvgIpc) is 3.06. The normalized spacial score (nSPS) is 22.1. The molecule has 8 heteroatoms. The van der Waals surface area contributed by atoms with Crippen molar-refractivity contribution in [3.8, 4) is 11.8 Å². The van der Waals surface area contributed by atoms with Gasteiger partial charge in [0.1, 0.15) is 11.9 Å². The second-order valence-corrected chi connectivity index (χ2v) is 9.17. The van der Waals surface area contributed by atoms with Gasteiger partial charge in [0.05, 0.1) is 22.6 Å². The molecule has 2 aromatic carbocycles. The maximum Gasteiger partial charge on any atom is 0.238 e. The van der Waals surface area contributed by atoms with Gasteiger partial charge in [0.15, 0.2) is 0 Å². The molecule has 0 bridgehead atoms. The summed E-state index contributed by atoms with van der Waals surface area (Å²) in [5, 5.41) is 18.2. The summed E-state index contributed by atoms with van der Waals surface area (Å²) in [5.74, 6) is 0.579. The van der Waals surface area contributed by atoms with Gasteiger partial charge in [-0.2, -0.15) is 5.26 Å². The van der Waals surface area contributed by atoms with Crippen LogP contribution in [0.4, 0.5) is 0 Å². The lowest BCUT2D eigenvalue weighted by molar-refractivity contribution is 0.0693. The number of nitrogens with one attached hydrogen (secondary N) is 1. The molecule has 2 aliphatic rings. The molecule has 7 nitrogen and oxygen atoms in total. The number of rotatable bonds is 4. The zero-order chi connectivity index (χ0) is 20.6. The van der Waals surface area contributed by atoms with E-state index in [1.54, 1.807) is 12.1 Å². The smallest absolute Gasteiger partial charge is 0.238 e. The molecule has 0 aromatic heterocycles. The molecular weight excluding hydrogens is 388 g/mol. The van der Waals surface area contributed by atoms with Gasteiger partial charge in [-0.3, -0.25) is 4.90 Å². The number of sulfonamides is 1. The third kappa shape index (κ3) is 4.00. The number of nitrogens with zero attached hydrogens (tertiary/aromatic N) is 2. The van der Waals surface area contributed by atoms with Crippen molar-refractivity contribution < 1.29 is 13.2 Å². The number of nitrogens with two attached hydrogens (primary N) is 1. The van der Waals surface area contributed by atoms with E-state index in [1.165, 1.54) is 12.1 Å². The quantitative estimate of drug-likeness (QED) is 0.787. The van der Waals surface area contributed by atoms with Gasteiger partial charge < -0.3 is 10.1 Å². The lowest BCUT2D eigenvalue weighted by Gasteiger charge is -2.36. The zero-order valence-electron chi connectivity index (χ0n) is 16.3. The topological polar surface area (TPSA) is 108 Å². The van der Waals surface area contributed by atoms with Crippen molar-refractivity contribution in [2.45, 2.75) is 30.4 Å². The number of hydrogen-bond donors (Lipinski definition) is 2. The van der Waals surface area contributed by atoms with Gasteiger partial charge in [-0.25, -0.2) is 13.6 Å². The molecule has 1 aliphatic heterocycles. The predicted molar refractivity (Wildman–Crippen MR) is 109 cm³/mol. The van der Waals surface area contributed by atoms with Crippen molar-refractivity contribution in [3.63, 3.8) is 0 Å². The van der Waals surface area contributed by atoms with Crippen LogP contribution in [0.5, 0.6) is 5.75 Å². The minimum atomic E-state index is -3.74. The summed E-state index contributed by atoms with van der Waals surface area (Å²) in [5.41, 5.74) is 3.82. The van der Waals surface area contributed by atoms with Crippen LogP contribution in [0.25, 0.3) is 0 Å². The average molecular weight is 413 g/mol. The van der Waals surface area contributed by atoms with Gasteiger partial charge in [0.2, 0.25) is 10.0 Å². The highest BCUT2D eigenvalue weighted by atomic mass is 32.2. The highest BCUT2D eigenvalue weighted by Crippen LogP contribution is 2.40. The summed E-state index contributed by atoms with van der Waals surface area (Å²) in [6.07, 6.45) is 0.536. The Balaban J connectivity index is 1.69. The Morgan fingerprint density at radius 3 is 2.52 bits per heavy atom. The highest BCUT2D eigenvalue weighted by molar-refractivity contribution is 7.89. The van der Waals surface area contributed by atoms with Gasteiger partial charge in [0, 0.05) is 26.2 Å². The first-order chi connectivity index (χ1) is 13.9. The van der Waals surface area contributed by atoms with E-state index in [0.717, 1.165) is 49.3 Å². The summed E-state index contributed by atoms with van der Waals surface area (Å²) in [6, 6.07) is 12.7. The zero-order valence-corrected chi connectivity index (χ0v) is 17.1. The van der Waals surface area contributed by atoms with Crippen molar-refractivity contribution >= 4 is 10.0 Å². The minimum absolute atomic E-state index is 0.0536. The fraction of sp³-hybridized carbons (Fsp3) is 0.381. The lowest BCUT2D eigenvalue weighted by Crippen LogP contribution is -2.50. The molecule has 2 aromatic rings. The van der Waals surface area contributed by atoms with E-state index in [1.807, 2.05) is 13.0 Å². The number of nitriles is 1. The number of benzene rings is 2. The summed E-state index contributed by atoms with van der Waals surface area (Å²) in [6.45, 7) is 5.67. The molecule has 3 N–H and O–H groups in total. The van der Waals surface area contributed by atoms with Crippen LogP contribution in [0.15, 0.2) is 41.3 Å². The van der Waals surface area contributed by atoms with Crippen molar-refractivity contribution in [3.05, 3.63) is 58.7 Å². The molecule has 152 valence electrons. The SMILES string of the molecule is Cc1cc(C#N)c2c(c1)[C@H](Oc1ccc(S(N)(=O)=O)cc1)[C@@H](N1CCNCC1)C2. The molecule has 4 rings (SSSR count). The fourth-order valence-electron chi connectivity index (χ4n) is 4.28. The third-order valence-corrected chi connectivity index (χ3v) is 6.58. The predicted octanol–water partition coefficient (Wildman–Crippen LogP) is 1.46. The Morgan fingerprint density at radius 2 is 1.90 bits per heavy atom. The molecule has 1 heterocycles. The van der Waals surface area contributed by atoms with Gasteiger partial charge in [-0.15, -0.1) is 0 Å². The molecule has 1 saturated heterocycles. The molecular formula is C21H24N4O3S. The molecule has 2 atom stereocenters. The third-order valence-electron chi connectivity index (χ3n) is 5.65. The van der Waals surface area contributed by atoms with Crippen molar-refractivity contribution in [2.24, 2.45) is 5.14 Å². The van der Waals surface area contributed by atoms with E-state index in [9.17, 15) is 13.7 Å². The number of fused-ring (bicyclic) bond motifs is 1. The van der Waals surface area contributed by atoms with E-state index in [0.29, 0.717) is 11.3 Å². The van der Waals surface area contributed by atoms with Crippen LogP contribution < -0.4 is 15.2 Å². The van der Waals surface area contributed by atoms with Crippen molar-refractivity contribution in [1.29, 1.82) is 5.26 Å². The Kier molecular flexibility index (Phi) is 5.32. The Labute approximate surface area is 171 Å². The van der Waals surface area contributed by atoms with Crippen LogP contribution in [0.2, 0.25) is 0 Å². The van der Waals surface area contributed by atoms with Crippen molar-refractivity contribution in [2.75, 3.05) is 26.2 Å². The Bertz CT molecular complexity index is 1050. The number of piperazine rings is 1. The maximum atomic E-state index is 11.5. The molecule has 29 heavy (non-hydrogen) atoms. The summed E-state index contributed by atoms with van der Waals surface area (Å²) in [7, 11) is -3.74. The van der Waals surface area contributed by atoms with Crippen LogP contribution in [0.3, 0.4) is 0 Å². The van der Waals surface area contributed by atoms with E-state index in [-0.39, 0.29) is 17.0 Å². The molecule has 0 amide bonds. The second-order valence-electron chi connectivity index (χ2n) is 7.60. The molecule has 0 saturated carbocycles. The minimum Gasteiger partial charge on any atom is -0.484 e. The standard InChI is InChI=1S/C21H24N4O3S/c1-14-10-15(13-22)18-12-20(25-8-6-24-7-9-25)21(19(18)11-14)28-16-2-4-17(5-3-16)29(23,26)27/h2-5,10-11,20-21,24H,6-9,12H2,1H3,(H2,23,26,27)/t20-,21-/m0/s1. The molecule has 1 aliphatic carbocycles. The molecule has 0 radical (unpaired) electrons. The summed E-state index contributed by atoms with van der Waals surface area (Å²) >= 11 is 0. The largest absolute Gasteiger partial charge is 0.484 e. The van der Waals surface area contributed by atoms with Crippen molar-refractivity contribution in [1.82, 2.24) is 10.2 Å². The summed E-state index contributed by atoms with van der Waals surface area (Å²) < 4.78 is 29.4. The monoisotopic (exact) mass is 412 g/mol. The molecule has 0 unspecified atom stereocenters. The van der Waals surface area contributed by atoms with Crippen LogP contribution in [-0.4, -0.2) is 45.5 Å². The van der Waals surface area contributed by atoms with E-state index in [2.05, 4.69) is 22.4 Å². The second kappa shape index (κ2) is 7.76. The maximum absolute atomic E-state index is 11.5. The van der Waals surface area contributed by atoms with Crippen LogP contribution in [-0.2, 0) is 16.4 Å². The molecule has 0 spiro atoms. The Hall–Kier alpha value is -2.44. The summed E-state index contributed by atoms with van der Waals surface area (Å²) in [4.78, 5) is 2.47. The molecule has 1 fully saturated rings. The van der Waals surface area contributed by atoms with E-state index in [4.69, 9.17) is 9.88 Å². The van der Waals surface area contributed by atoms with E-state index >= 15 is 0 Å². The number of hydrogen-bond acceptors (Lipinski definition) is 6. The van der Waals surface area contributed by atoms with Crippen LogP contribution >= 0.6 is 0 Å². The van der Waals surface area contributed by atoms with E-state index < -0.39 is 10.0 Å². The fourth-order valence-corrected chi connectivity index (χ4v) is 4.80. The van der Waals surface area contributed by atoms with Crippen LogP contribution in [0.1, 0.15) is 28.4 Å².